The van der Waals surface area contributed by atoms with Crippen molar-refractivity contribution in [2.75, 3.05) is 0 Å². The van der Waals surface area contributed by atoms with Gasteiger partial charge in [-0.25, -0.2) is 0 Å². The minimum atomic E-state index is -4.28. The Morgan fingerprint density at radius 1 is 1.21 bits per heavy atom. The lowest BCUT2D eigenvalue weighted by molar-refractivity contribution is -0.0456. The number of hydrogen-bond donors (Lipinski definition) is 1. The summed E-state index contributed by atoms with van der Waals surface area (Å²) in [5.41, 5.74) is 0.136. The molecule has 2 rings (SSSR count). The van der Waals surface area contributed by atoms with Gasteiger partial charge in [0.1, 0.15) is 16.2 Å². The van der Waals surface area contributed by atoms with E-state index in [-0.39, 0.29) is 22.0 Å². The van der Waals surface area contributed by atoms with Crippen LogP contribution in [0.1, 0.15) is 46.1 Å². The van der Waals surface area contributed by atoms with Crippen LogP contribution in [0, 0.1) is 5.41 Å². The van der Waals surface area contributed by atoms with Crippen LogP contribution in [-0.2, 0) is 10.1 Å². The normalized spacial score (nSPS) is 24.4. The molecule has 0 bridgehead atoms. The summed E-state index contributed by atoms with van der Waals surface area (Å²) in [7, 11) is -4.28. The minimum Gasteiger partial charge on any atom is -0.486 e. The van der Waals surface area contributed by atoms with Crippen LogP contribution < -0.4 is 4.74 Å². The van der Waals surface area contributed by atoms with E-state index in [9.17, 15) is 13.0 Å². The van der Waals surface area contributed by atoms with Crippen LogP contribution in [0.3, 0.4) is 0 Å². The van der Waals surface area contributed by atoms with Crippen LogP contribution in [0.15, 0.2) is 23.1 Å². The molecule has 4 nitrogen and oxygen atoms in total. The van der Waals surface area contributed by atoms with Gasteiger partial charge in [-0.05, 0) is 31.4 Å². The molecule has 0 aromatic heterocycles. The molecule has 0 aliphatic carbocycles. The second kappa shape index (κ2) is 3.96. The molecule has 1 aliphatic rings. The van der Waals surface area contributed by atoms with Crippen LogP contribution in [-0.4, -0.2) is 18.6 Å². The largest absolute Gasteiger partial charge is 0.486 e. The van der Waals surface area contributed by atoms with Gasteiger partial charge in [-0.2, -0.15) is 8.42 Å². The number of fused-ring (bicyclic) bond motifs is 1. The van der Waals surface area contributed by atoms with Gasteiger partial charge in [0.2, 0.25) is 0 Å². The fraction of sp³-hybridized carbons (Fsp3) is 0.571. The predicted octanol–water partition coefficient (Wildman–Crippen LogP) is 3.23. The molecular weight excluding hydrogens is 264 g/mol. The summed E-state index contributed by atoms with van der Waals surface area (Å²) in [6, 6.07) is 4.86. The van der Waals surface area contributed by atoms with Gasteiger partial charge in [0, 0.05) is 5.41 Å². The number of rotatable bonds is 1. The van der Waals surface area contributed by atoms with Crippen molar-refractivity contribution in [3.63, 3.8) is 0 Å². The first-order chi connectivity index (χ1) is 8.48. The molecule has 1 unspecified atom stereocenters. The number of benzene rings is 1. The first-order valence-electron chi connectivity index (χ1n) is 6.28. The van der Waals surface area contributed by atoms with E-state index in [0.29, 0.717) is 0 Å². The highest BCUT2D eigenvalue weighted by Gasteiger charge is 2.49. The smallest absolute Gasteiger partial charge is 0.298 e. The average molecular weight is 284 g/mol. The zero-order chi connectivity index (χ0) is 14.6. The quantitative estimate of drug-likeness (QED) is 0.804. The molecule has 1 heterocycles. The second-order valence-electron chi connectivity index (χ2n) is 6.21. The van der Waals surface area contributed by atoms with Crippen LogP contribution in [0.25, 0.3) is 0 Å². The van der Waals surface area contributed by atoms with Crippen LogP contribution in [0.2, 0.25) is 0 Å². The minimum absolute atomic E-state index is 0.118. The molecule has 1 atom stereocenters. The van der Waals surface area contributed by atoms with Crippen LogP contribution >= 0.6 is 0 Å². The van der Waals surface area contributed by atoms with E-state index in [2.05, 4.69) is 20.8 Å². The van der Waals surface area contributed by atoms with Crippen molar-refractivity contribution in [1.82, 2.24) is 0 Å². The van der Waals surface area contributed by atoms with Gasteiger partial charge in [-0.1, -0.05) is 32.9 Å². The van der Waals surface area contributed by atoms with E-state index in [0.717, 1.165) is 5.56 Å². The van der Waals surface area contributed by atoms with Crippen molar-refractivity contribution in [2.45, 2.75) is 51.0 Å². The van der Waals surface area contributed by atoms with Crippen LogP contribution in [0.5, 0.6) is 5.75 Å². The molecule has 1 N–H and O–H groups in total. The first-order valence-corrected chi connectivity index (χ1v) is 7.72. The van der Waals surface area contributed by atoms with E-state index < -0.39 is 15.7 Å². The van der Waals surface area contributed by atoms with E-state index in [1.165, 1.54) is 6.07 Å². The highest BCUT2D eigenvalue weighted by atomic mass is 32.2. The highest BCUT2D eigenvalue weighted by Crippen LogP contribution is 2.53. The lowest BCUT2D eigenvalue weighted by Gasteiger charge is -2.50. The Morgan fingerprint density at radius 2 is 1.79 bits per heavy atom. The Bertz CT molecular complexity index is 614. The van der Waals surface area contributed by atoms with E-state index in [4.69, 9.17) is 4.74 Å². The van der Waals surface area contributed by atoms with Gasteiger partial charge in [0.25, 0.3) is 10.1 Å². The van der Waals surface area contributed by atoms with E-state index in [1.54, 1.807) is 6.07 Å². The van der Waals surface area contributed by atoms with Crippen molar-refractivity contribution in [2.24, 2.45) is 5.41 Å². The van der Waals surface area contributed by atoms with Gasteiger partial charge in [-0.3, -0.25) is 4.55 Å². The molecular formula is C14H20O4S. The van der Waals surface area contributed by atoms with Gasteiger partial charge in [0.05, 0.1) is 0 Å². The topological polar surface area (TPSA) is 63.6 Å². The van der Waals surface area contributed by atoms with Gasteiger partial charge < -0.3 is 4.74 Å². The lowest BCUT2D eigenvalue weighted by atomic mass is 9.64. The summed E-state index contributed by atoms with van der Waals surface area (Å²) >= 11 is 0. The maximum atomic E-state index is 11.5. The third-order valence-electron chi connectivity index (χ3n) is 4.75. The standard InChI is InChI=1S/C14H20O4S/c1-9-10-7-6-8-11(19(15,16)17)12(10)18-14(4,5)13(9,2)3/h6-9H,1-5H3,(H,15,16,17). The van der Waals surface area contributed by atoms with E-state index >= 15 is 0 Å². The predicted molar refractivity (Wildman–Crippen MR) is 73.2 cm³/mol. The van der Waals surface area contributed by atoms with Crippen LogP contribution in [0.4, 0.5) is 0 Å². The third kappa shape index (κ3) is 2.05. The zero-order valence-electron chi connectivity index (χ0n) is 11.9. The molecule has 1 aromatic carbocycles. The molecule has 0 fully saturated rings. The van der Waals surface area contributed by atoms with Crippen molar-refractivity contribution in [3.8, 4) is 5.75 Å². The summed E-state index contributed by atoms with van der Waals surface area (Å²) < 4.78 is 38.2. The molecule has 1 aliphatic heterocycles. The van der Waals surface area contributed by atoms with Crippen molar-refractivity contribution < 1.29 is 17.7 Å². The molecule has 0 radical (unpaired) electrons. The summed E-state index contributed by atoms with van der Waals surface area (Å²) in [5.74, 6) is 0.398. The van der Waals surface area contributed by atoms with Gasteiger partial charge >= 0.3 is 0 Å². The lowest BCUT2D eigenvalue weighted by Crippen LogP contribution is -2.50. The van der Waals surface area contributed by atoms with Crippen molar-refractivity contribution in [1.29, 1.82) is 0 Å². The number of hydrogen-bond acceptors (Lipinski definition) is 3. The molecule has 0 saturated heterocycles. The molecule has 19 heavy (non-hydrogen) atoms. The zero-order valence-corrected chi connectivity index (χ0v) is 12.7. The first kappa shape index (κ1) is 14.3. The monoisotopic (exact) mass is 284 g/mol. The molecule has 5 heteroatoms. The Hall–Kier alpha value is -1.07. The number of para-hydroxylation sites is 1. The fourth-order valence-corrected chi connectivity index (χ4v) is 3.13. The molecule has 1 aromatic rings. The third-order valence-corrected chi connectivity index (χ3v) is 5.62. The Labute approximate surface area is 114 Å². The molecule has 0 saturated carbocycles. The van der Waals surface area contributed by atoms with Gasteiger partial charge in [0.15, 0.2) is 0 Å². The summed E-state index contributed by atoms with van der Waals surface area (Å²) in [5, 5.41) is 0. The fourth-order valence-electron chi connectivity index (χ4n) is 2.48. The Kier molecular flexibility index (Phi) is 2.99. The number of ether oxygens (including phenoxy) is 1. The van der Waals surface area contributed by atoms with Crippen molar-refractivity contribution in [3.05, 3.63) is 23.8 Å². The Morgan fingerprint density at radius 3 is 2.32 bits per heavy atom. The summed E-state index contributed by atoms with van der Waals surface area (Å²) in [4.78, 5) is -0.152. The SMILES string of the molecule is CC1c2cccc(S(=O)(=O)O)c2OC(C)(C)C1(C)C. The maximum absolute atomic E-state index is 11.5. The molecule has 0 amide bonds. The van der Waals surface area contributed by atoms with Crippen molar-refractivity contribution >= 4 is 10.1 Å². The highest BCUT2D eigenvalue weighted by molar-refractivity contribution is 7.86. The Balaban J connectivity index is 2.74. The molecule has 106 valence electrons. The molecule has 0 spiro atoms. The van der Waals surface area contributed by atoms with Gasteiger partial charge in [-0.15, -0.1) is 0 Å². The second-order valence-corrected chi connectivity index (χ2v) is 7.60. The van der Waals surface area contributed by atoms with E-state index in [1.807, 2.05) is 19.9 Å². The summed E-state index contributed by atoms with van der Waals surface area (Å²) in [6.45, 7) is 10.1. The maximum Gasteiger partial charge on any atom is 0.298 e. The average Bonchev–Trinajstić information content (AvgIpc) is 2.24. The summed E-state index contributed by atoms with van der Waals surface area (Å²) in [6.07, 6.45) is 0.